The number of carbonyl (C=O) groups excluding carboxylic acids is 2. The van der Waals surface area contributed by atoms with Crippen molar-refractivity contribution in [2.24, 2.45) is 0 Å². The van der Waals surface area contributed by atoms with Crippen LogP contribution in [0.1, 0.15) is 23.5 Å². The predicted octanol–water partition coefficient (Wildman–Crippen LogP) is 4.36. The van der Waals surface area contributed by atoms with Crippen LogP contribution in [0.15, 0.2) is 59.1 Å². The maximum Gasteiger partial charge on any atom is 0.234 e. The minimum absolute atomic E-state index is 0.0633. The molecule has 2 N–H and O–H groups in total. The zero-order chi connectivity index (χ0) is 20.1. The highest BCUT2D eigenvalue weighted by atomic mass is 35.5. The third-order valence-electron chi connectivity index (χ3n) is 4.38. The van der Waals surface area contributed by atoms with E-state index < -0.39 is 0 Å². The zero-order valence-corrected chi connectivity index (χ0v) is 16.7. The van der Waals surface area contributed by atoms with Gasteiger partial charge in [0, 0.05) is 23.0 Å². The third-order valence-corrected chi connectivity index (χ3v) is 5.63. The molecule has 0 saturated heterocycles. The van der Waals surface area contributed by atoms with Gasteiger partial charge < -0.3 is 10.6 Å². The molecule has 1 atom stereocenters. The Morgan fingerprint density at radius 1 is 1.32 bits per heavy atom. The summed E-state index contributed by atoms with van der Waals surface area (Å²) in [6.07, 6.45) is 0.215. The molecular formula is C21H18ClN3O2S. The predicted molar refractivity (Wildman–Crippen MR) is 112 cm³/mol. The van der Waals surface area contributed by atoms with Gasteiger partial charge >= 0.3 is 0 Å². The molecule has 0 fully saturated rings. The van der Waals surface area contributed by atoms with E-state index in [4.69, 9.17) is 11.6 Å². The van der Waals surface area contributed by atoms with Crippen molar-refractivity contribution in [3.05, 3.63) is 75.3 Å². The molecule has 0 bridgehead atoms. The minimum Gasteiger partial charge on any atom is -0.325 e. The van der Waals surface area contributed by atoms with Crippen LogP contribution in [0.4, 0.5) is 5.69 Å². The lowest BCUT2D eigenvalue weighted by Gasteiger charge is -2.26. The number of anilines is 1. The van der Waals surface area contributed by atoms with Crippen LogP contribution in [0.3, 0.4) is 0 Å². The van der Waals surface area contributed by atoms with Crippen LogP contribution in [0.5, 0.6) is 0 Å². The van der Waals surface area contributed by atoms with Crippen molar-refractivity contribution < 1.29 is 9.59 Å². The Morgan fingerprint density at radius 3 is 2.82 bits per heavy atom. The van der Waals surface area contributed by atoms with Gasteiger partial charge in [-0.25, -0.2) is 0 Å². The summed E-state index contributed by atoms with van der Waals surface area (Å²) in [6.45, 7) is 1.96. The van der Waals surface area contributed by atoms with E-state index in [2.05, 4.69) is 16.7 Å². The number of rotatable bonds is 5. The molecule has 0 radical (unpaired) electrons. The summed E-state index contributed by atoms with van der Waals surface area (Å²) in [4.78, 5) is 24.5. The number of nitrogens with zero attached hydrogens (tertiary/aromatic N) is 1. The van der Waals surface area contributed by atoms with Crippen molar-refractivity contribution in [2.45, 2.75) is 19.3 Å². The molecule has 5 nitrogen and oxygen atoms in total. The lowest BCUT2D eigenvalue weighted by atomic mass is 9.85. The molecule has 0 saturated carbocycles. The average Bonchev–Trinajstić information content (AvgIpc) is 2.66. The number of halogens is 1. The van der Waals surface area contributed by atoms with Crippen LogP contribution >= 0.6 is 23.4 Å². The van der Waals surface area contributed by atoms with Crippen LogP contribution in [0, 0.1) is 18.3 Å². The number of aryl methyl sites for hydroxylation is 1. The zero-order valence-electron chi connectivity index (χ0n) is 15.2. The van der Waals surface area contributed by atoms with Crippen molar-refractivity contribution in [1.29, 1.82) is 5.26 Å². The van der Waals surface area contributed by atoms with Gasteiger partial charge in [-0.15, -0.1) is 0 Å². The van der Waals surface area contributed by atoms with Crippen LogP contribution < -0.4 is 10.6 Å². The summed E-state index contributed by atoms with van der Waals surface area (Å²) in [5, 5.41) is 16.2. The van der Waals surface area contributed by atoms with Gasteiger partial charge in [-0.1, -0.05) is 53.7 Å². The fourth-order valence-corrected chi connectivity index (χ4v) is 4.14. The Kier molecular flexibility index (Phi) is 6.40. The topological polar surface area (TPSA) is 82.0 Å². The van der Waals surface area contributed by atoms with Crippen molar-refractivity contribution in [3.63, 3.8) is 0 Å². The number of thioether (sulfide) groups is 1. The molecule has 1 aliphatic heterocycles. The second-order valence-electron chi connectivity index (χ2n) is 6.36. The van der Waals surface area contributed by atoms with Crippen LogP contribution in [-0.4, -0.2) is 17.6 Å². The van der Waals surface area contributed by atoms with E-state index in [0.29, 0.717) is 21.3 Å². The summed E-state index contributed by atoms with van der Waals surface area (Å²) < 4.78 is 0. The Labute approximate surface area is 172 Å². The molecule has 2 aromatic rings. The number of hydrogen-bond donors (Lipinski definition) is 2. The summed E-state index contributed by atoms with van der Waals surface area (Å²) in [7, 11) is 0. The van der Waals surface area contributed by atoms with Gasteiger partial charge in [0.2, 0.25) is 11.8 Å². The summed E-state index contributed by atoms with van der Waals surface area (Å²) in [5.41, 5.74) is 3.06. The Balaban J connectivity index is 1.77. The smallest absolute Gasteiger partial charge is 0.234 e. The molecule has 142 valence electrons. The molecule has 3 rings (SSSR count). The summed E-state index contributed by atoms with van der Waals surface area (Å²) >= 11 is 7.07. The van der Waals surface area contributed by atoms with E-state index in [9.17, 15) is 14.9 Å². The van der Waals surface area contributed by atoms with Gasteiger partial charge in [0.15, 0.2) is 0 Å². The molecule has 1 heterocycles. The van der Waals surface area contributed by atoms with Gasteiger partial charge in [-0.3, -0.25) is 9.59 Å². The van der Waals surface area contributed by atoms with Crippen molar-refractivity contribution in [3.8, 4) is 6.07 Å². The quantitative estimate of drug-likeness (QED) is 0.765. The average molecular weight is 412 g/mol. The monoisotopic (exact) mass is 411 g/mol. The van der Waals surface area contributed by atoms with Crippen LogP contribution in [0.2, 0.25) is 5.02 Å². The molecule has 0 unspecified atom stereocenters. The minimum atomic E-state index is -0.307. The second-order valence-corrected chi connectivity index (χ2v) is 7.79. The standard InChI is InChI=1S/C21H18ClN3O2S/c1-13-5-2-3-8-16(13)17-10-19(26)25-21(18(17)11-23)28-12-20(27)24-15-7-4-6-14(22)9-15/h2-9,17H,10,12H2,1H3,(H,24,27)(H,25,26)/t17-/m0/s1. The molecule has 28 heavy (non-hydrogen) atoms. The van der Waals surface area contributed by atoms with Crippen LogP contribution in [-0.2, 0) is 9.59 Å². The van der Waals surface area contributed by atoms with E-state index in [0.717, 1.165) is 22.9 Å². The number of nitriles is 1. The molecule has 0 aliphatic carbocycles. The Hall–Kier alpha value is -2.75. The fourth-order valence-electron chi connectivity index (χ4n) is 3.08. The summed E-state index contributed by atoms with van der Waals surface area (Å²) in [6, 6.07) is 16.8. The number of carbonyl (C=O) groups is 2. The number of allylic oxidation sites excluding steroid dienone is 1. The van der Waals surface area contributed by atoms with Gasteiger partial charge in [0.1, 0.15) is 0 Å². The summed E-state index contributed by atoms with van der Waals surface area (Å²) in [5.74, 6) is -0.652. The van der Waals surface area contributed by atoms with E-state index in [-0.39, 0.29) is 29.9 Å². The van der Waals surface area contributed by atoms with Crippen molar-refractivity contribution >= 4 is 40.9 Å². The van der Waals surface area contributed by atoms with Gasteiger partial charge in [0.05, 0.1) is 22.4 Å². The molecule has 2 amide bonds. The fraction of sp³-hybridized carbons (Fsp3) is 0.190. The molecule has 1 aliphatic rings. The first-order chi connectivity index (χ1) is 13.5. The lowest BCUT2D eigenvalue weighted by molar-refractivity contribution is -0.121. The molecular weight excluding hydrogens is 394 g/mol. The molecule has 2 aromatic carbocycles. The maximum absolute atomic E-state index is 12.3. The highest BCUT2D eigenvalue weighted by molar-refractivity contribution is 8.03. The van der Waals surface area contributed by atoms with Crippen molar-refractivity contribution in [2.75, 3.05) is 11.1 Å². The largest absolute Gasteiger partial charge is 0.325 e. The Bertz CT molecular complexity index is 997. The lowest BCUT2D eigenvalue weighted by Crippen LogP contribution is -2.31. The number of hydrogen-bond acceptors (Lipinski definition) is 4. The van der Waals surface area contributed by atoms with Crippen LogP contribution in [0.25, 0.3) is 0 Å². The number of nitrogens with one attached hydrogen (secondary N) is 2. The highest BCUT2D eigenvalue weighted by Crippen LogP contribution is 2.37. The number of benzene rings is 2. The first kappa shape index (κ1) is 20.0. The van der Waals surface area contributed by atoms with Gasteiger partial charge in [-0.2, -0.15) is 5.26 Å². The molecule has 0 aromatic heterocycles. The third kappa shape index (κ3) is 4.75. The van der Waals surface area contributed by atoms with E-state index >= 15 is 0 Å². The van der Waals surface area contributed by atoms with E-state index in [1.807, 2.05) is 31.2 Å². The molecule has 0 spiro atoms. The second kappa shape index (κ2) is 8.96. The number of amides is 2. The van der Waals surface area contributed by atoms with E-state index in [1.165, 1.54) is 0 Å². The first-order valence-electron chi connectivity index (χ1n) is 8.66. The SMILES string of the molecule is Cc1ccccc1[C@@H]1CC(=O)NC(SCC(=O)Nc2cccc(Cl)c2)=C1C#N. The van der Waals surface area contributed by atoms with Gasteiger partial charge in [-0.05, 0) is 36.2 Å². The highest BCUT2D eigenvalue weighted by Gasteiger charge is 2.30. The van der Waals surface area contributed by atoms with E-state index in [1.54, 1.807) is 24.3 Å². The van der Waals surface area contributed by atoms with Gasteiger partial charge in [0.25, 0.3) is 0 Å². The Morgan fingerprint density at radius 2 is 2.11 bits per heavy atom. The normalized spacial score (nSPS) is 16.3. The molecule has 7 heteroatoms. The first-order valence-corrected chi connectivity index (χ1v) is 10.0. The maximum atomic E-state index is 12.3. The van der Waals surface area contributed by atoms with Crippen molar-refractivity contribution in [1.82, 2.24) is 5.32 Å².